The first-order valence-corrected chi connectivity index (χ1v) is 6.97. The number of halogens is 1. The van der Waals surface area contributed by atoms with Crippen molar-refractivity contribution in [2.45, 2.75) is 18.9 Å². The summed E-state index contributed by atoms with van der Waals surface area (Å²) < 4.78 is 6.59. The van der Waals surface area contributed by atoms with Crippen molar-refractivity contribution in [2.24, 2.45) is 5.92 Å². The highest BCUT2D eigenvalue weighted by Crippen LogP contribution is 2.34. The highest BCUT2D eigenvalue weighted by Gasteiger charge is 2.25. The molecule has 1 aliphatic heterocycles. The molecule has 2 heterocycles. The first kappa shape index (κ1) is 11.6. The van der Waals surface area contributed by atoms with Gasteiger partial charge >= 0.3 is 0 Å². The molecule has 1 saturated heterocycles. The van der Waals surface area contributed by atoms with Gasteiger partial charge in [0.05, 0.1) is 0 Å². The summed E-state index contributed by atoms with van der Waals surface area (Å²) in [4.78, 5) is 1.43. The summed E-state index contributed by atoms with van der Waals surface area (Å²) in [5.74, 6) is 0.717. The number of hydrogen-bond donors (Lipinski definition) is 1. The average Bonchev–Trinajstić information content (AvgIpc) is 2.68. The van der Waals surface area contributed by atoms with Gasteiger partial charge in [-0.05, 0) is 47.8 Å². The minimum absolute atomic E-state index is 0.491. The fourth-order valence-electron chi connectivity index (χ4n) is 2.15. The van der Waals surface area contributed by atoms with Gasteiger partial charge in [0, 0.05) is 34.0 Å². The first-order valence-electron chi connectivity index (χ1n) is 5.30. The van der Waals surface area contributed by atoms with Crippen molar-refractivity contribution in [2.75, 3.05) is 20.3 Å². The van der Waals surface area contributed by atoms with Crippen LogP contribution in [0.4, 0.5) is 0 Å². The highest BCUT2D eigenvalue weighted by molar-refractivity contribution is 9.10. The molecule has 4 heteroatoms. The fourth-order valence-corrected chi connectivity index (χ4v) is 3.80. The molecule has 15 heavy (non-hydrogen) atoms. The van der Waals surface area contributed by atoms with Gasteiger partial charge in [-0.15, -0.1) is 11.3 Å². The third-order valence-corrected chi connectivity index (χ3v) is 4.72. The Morgan fingerprint density at radius 1 is 1.53 bits per heavy atom. The van der Waals surface area contributed by atoms with Crippen molar-refractivity contribution < 1.29 is 4.74 Å². The van der Waals surface area contributed by atoms with E-state index in [1.807, 2.05) is 18.4 Å². The van der Waals surface area contributed by atoms with E-state index in [4.69, 9.17) is 4.74 Å². The zero-order valence-corrected chi connectivity index (χ0v) is 11.2. The molecule has 1 N–H and O–H groups in total. The monoisotopic (exact) mass is 289 g/mol. The number of thiophene rings is 1. The normalized spacial score (nSPS) is 20.4. The molecule has 1 atom stereocenters. The van der Waals surface area contributed by atoms with Crippen molar-refractivity contribution in [3.05, 3.63) is 20.8 Å². The molecule has 0 saturated carbocycles. The van der Waals surface area contributed by atoms with Crippen LogP contribution in [0, 0.1) is 5.92 Å². The number of hydrogen-bond acceptors (Lipinski definition) is 3. The lowest BCUT2D eigenvalue weighted by atomic mass is 9.91. The van der Waals surface area contributed by atoms with E-state index in [1.54, 1.807) is 0 Å². The van der Waals surface area contributed by atoms with E-state index in [9.17, 15) is 0 Å². The zero-order valence-electron chi connectivity index (χ0n) is 8.83. The standard InChI is InChI=1S/C11H16BrNOS/c1-13-11(8-2-4-14-5-3-8)10-6-9(12)7-15-10/h6-8,11,13H,2-5H2,1H3. The van der Waals surface area contributed by atoms with Gasteiger partial charge in [-0.1, -0.05) is 0 Å². The van der Waals surface area contributed by atoms with Crippen LogP contribution in [0.5, 0.6) is 0 Å². The van der Waals surface area contributed by atoms with E-state index in [0.717, 1.165) is 13.2 Å². The smallest absolute Gasteiger partial charge is 0.0469 e. The molecular formula is C11H16BrNOS. The number of rotatable bonds is 3. The van der Waals surface area contributed by atoms with Gasteiger partial charge in [-0.25, -0.2) is 0 Å². The molecule has 0 radical (unpaired) electrons. The molecule has 0 bridgehead atoms. The zero-order chi connectivity index (χ0) is 10.7. The molecule has 2 nitrogen and oxygen atoms in total. The number of nitrogens with one attached hydrogen (secondary N) is 1. The Morgan fingerprint density at radius 3 is 2.80 bits per heavy atom. The van der Waals surface area contributed by atoms with Crippen LogP contribution in [0.3, 0.4) is 0 Å². The van der Waals surface area contributed by atoms with E-state index < -0.39 is 0 Å². The Morgan fingerprint density at radius 2 is 2.27 bits per heavy atom. The van der Waals surface area contributed by atoms with E-state index in [-0.39, 0.29) is 0 Å². The average molecular weight is 290 g/mol. The predicted octanol–water partition coefficient (Wildman–Crippen LogP) is 3.20. The van der Waals surface area contributed by atoms with Crippen molar-refractivity contribution >= 4 is 27.3 Å². The topological polar surface area (TPSA) is 21.3 Å². The van der Waals surface area contributed by atoms with Crippen molar-refractivity contribution in [1.82, 2.24) is 5.32 Å². The number of ether oxygens (including phenoxy) is 1. The lowest BCUT2D eigenvalue weighted by molar-refractivity contribution is 0.0550. The fraction of sp³-hybridized carbons (Fsp3) is 0.636. The van der Waals surface area contributed by atoms with Crippen LogP contribution in [0.1, 0.15) is 23.8 Å². The lowest BCUT2D eigenvalue weighted by Crippen LogP contribution is -2.29. The Bertz CT molecular complexity index is 309. The summed E-state index contributed by atoms with van der Waals surface area (Å²) in [6.45, 7) is 1.82. The summed E-state index contributed by atoms with van der Waals surface area (Å²) in [7, 11) is 2.05. The van der Waals surface area contributed by atoms with E-state index in [1.165, 1.54) is 22.2 Å². The second-order valence-electron chi connectivity index (χ2n) is 3.88. The van der Waals surface area contributed by atoms with Crippen LogP contribution in [0.25, 0.3) is 0 Å². The van der Waals surface area contributed by atoms with Crippen molar-refractivity contribution in [3.8, 4) is 0 Å². The van der Waals surface area contributed by atoms with Crippen LogP contribution in [0.2, 0.25) is 0 Å². The first-order chi connectivity index (χ1) is 7.31. The molecule has 0 aliphatic carbocycles. The largest absolute Gasteiger partial charge is 0.381 e. The third-order valence-electron chi connectivity index (χ3n) is 2.94. The Labute approximate surface area is 103 Å². The van der Waals surface area contributed by atoms with Gasteiger partial charge in [-0.2, -0.15) is 0 Å². The summed E-state index contributed by atoms with van der Waals surface area (Å²) >= 11 is 5.34. The second kappa shape index (κ2) is 5.43. The Kier molecular flexibility index (Phi) is 4.20. The van der Waals surface area contributed by atoms with Gasteiger partial charge in [0.25, 0.3) is 0 Å². The van der Waals surface area contributed by atoms with E-state index in [0.29, 0.717) is 12.0 Å². The lowest BCUT2D eigenvalue weighted by Gasteiger charge is -2.29. The van der Waals surface area contributed by atoms with Gasteiger partial charge in [0.2, 0.25) is 0 Å². The molecule has 1 unspecified atom stereocenters. The maximum atomic E-state index is 5.40. The van der Waals surface area contributed by atoms with Crippen LogP contribution >= 0.6 is 27.3 Å². The van der Waals surface area contributed by atoms with E-state index >= 15 is 0 Å². The van der Waals surface area contributed by atoms with Crippen molar-refractivity contribution in [1.29, 1.82) is 0 Å². The van der Waals surface area contributed by atoms with E-state index in [2.05, 4.69) is 32.7 Å². The molecule has 0 spiro atoms. The quantitative estimate of drug-likeness (QED) is 0.923. The molecule has 1 aromatic heterocycles. The van der Waals surface area contributed by atoms with Gasteiger partial charge in [0.1, 0.15) is 0 Å². The molecular weight excluding hydrogens is 274 g/mol. The van der Waals surface area contributed by atoms with Gasteiger partial charge in [-0.3, -0.25) is 0 Å². The molecule has 1 aliphatic rings. The SMILES string of the molecule is CNC(c1cc(Br)cs1)C1CCOCC1. The Balaban J connectivity index is 2.08. The minimum Gasteiger partial charge on any atom is -0.381 e. The Hall–Kier alpha value is 0.1000. The van der Waals surface area contributed by atoms with Crippen LogP contribution in [-0.4, -0.2) is 20.3 Å². The second-order valence-corrected chi connectivity index (χ2v) is 5.74. The van der Waals surface area contributed by atoms with Gasteiger partial charge < -0.3 is 10.1 Å². The minimum atomic E-state index is 0.491. The molecule has 84 valence electrons. The summed E-state index contributed by atoms with van der Waals surface area (Å²) in [5.41, 5.74) is 0. The molecule has 0 aromatic carbocycles. The summed E-state index contributed by atoms with van der Waals surface area (Å²) in [6, 6.07) is 2.71. The third kappa shape index (κ3) is 2.81. The van der Waals surface area contributed by atoms with Crippen LogP contribution in [0.15, 0.2) is 15.9 Å². The summed E-state index contributed by atoms with van der Waals surface area (Å²) in [6.07, 6.45) is 2.34. The highest BCUT2D eigenvalue weighted by atomic mass is 79.9. The molecule has 1 aromatic rings. The maximum Gasteiger partial charge on any atom is 0.0469 e. The van der Waals surface area contributed by atoms with Crippen LogP contribution in [-0.2, 0) is 4.74 Å². The molecule has 2 rings (SSSR count). The maximum absolute atomic E-state index is 5.40. The van der Waals surface area contributed by atoms with Gasteiger partial charge in [0.15, 0.2) is 0 Å². The van der Waals surface area contributed by atoms with Crippen LogP contribution < -0.4 is 5.32 Å². The molecule has 1 fully saturated rings. The van der Waals surface area contributed by atoms with Crippen molar-refractivity contribution in [3.63, 3.8) is 0 Å². The summed E-state index contributed by atoms with van der Waals surface area (Å²) in [5, 5.41) is 5.59. The predicted molar refractivity (Wildman–Crippen MR) is 67.4 cm³/mol. The molecule has 0 amide bonds.